The Morgan fingerprint density at radius 1 is 1.20 bits per heavy atom. The van der Waals surface area contributed by atoms with Gasteiger partial charge in [-0.1, -0.05) is 18.2 Å². The van der Waals surface area contributed by atoms with Gasteiger partial charge in [0.05, 0.1) is 5.69 Å². The first-order chi connectivity index (χ1) is 7.33. The Labute approximate surface area is 92.8 Å². The van der Waals surface area contributed by atoms with Crippen LogP contribution in [-0.4, -0.2) is 4.98 Å². The third-order valence-corrected chi connectivity index (χ3v) is 3.11. The zero-order valence-electron chi connectivity index (χ0n) is 8.31. The van der Waals surface area contributed by atoms with E-state index in [-0.39, 0.29) is 0 Å². The summed E-state index contributed by atoms with van der Waals surface area (Å²) in [4.78, 5) is 4.43. The van der Waals surface area contributed by atoms with Crippen molar-refractivity contribution in [3.8, 4) is 10.6 Å². The van der Waals surface area contributed by atoms with Crippen LogP contribution in [0.4, 0.5) is 0 Å². The van der Waals surface area contributed by atoms with Crippen LogP contribution in [0.25, 0.3) is 10.6 Å². The number of thiazole rings is 1. The van der Waals surface area contributed by atoms with Crippen molar-refractivity contribution in [2.75, 3.05) is 0 Å². The molecule has 0 atom stereocenters. The Hall–Kier alpha value is -1.23. The van der Waals surface area contributed by atoms with Gasteiger partial charge in [-0.2, -0.15) is 0 Å². The normalized spacial score (nSPS) is 10.5. The number of nitrogens with zero attached hydrogens (tertiary/aromatic N) is 1. The van der Waals surface area contributed by atoms with Gasteiger partial charge in [0, 0.05) is 24.0 Å². The average molecular weight is 219 g/mol. The molecular weight excluding hydrogens is 206 g/mol. The molecule has 0 radical (unpaired) electrons. The molecule has 0 saturated heterocycles. The van der Waals surface area contributed by atoms with Crippen molar-refractivity contribution in [2.24, 2.45) is 11.5 Å². The van der Waals surface area contributed by atoms with Crippen molar-refractivity contribution in [3.05, 3.63) is 40.9 Å². The molecule has 0 bridgehead atoms. The van der Waals surface area contributed by atoms with Gasteiger partial charge in [0.2, 0.25) is 0 Å². The third kappa shape index (κ3) is 2.23. The molecular formula is C11H13N3S. The molecule has 0 fully saturated rings. The van der Waals surface area contributed by atoms with Crippen LogP contribution in [0.2, 0.25) is 0 Å². The minimum Gasteiger partial charge on any atom is -0.326 e. The van der Waals surface area contributed by atoms with Gasteiger partial charge in [-0.15, -0.1) is 11.3 Å². The lowest BCUT2D eigenvalue weighted by molar-refractivity contribution is 1.01. The Bertz CT molecular complexity index is 451. The lowest BCUT2D eigenvalue weighted by Crippen LogP contribution is -1.97. The van der Waals surface area contributed by atoms with Crippen molar-refractivity contribution in [2.45, 2.75) is 13.1 Å². The summed E-state index contributed by atoms with van der Waals surface area (Å²) in [7, 11) is 0. The third-order valence-electron chi connectivity index (χ3n) is 2.17. The molecule has 0 saturated carbocycles. The molecule has 0 aliphatic carbocycles. The SMILES string of the molecule is NCc1cccc(-c2nc(CN)cs2)c1. The molecule has 1 aromatic heterocycles. The molecule has 2 rings (SSSR count). The maximum absolute atomic E-state index is 5.59. The van der Waals surface area contributed by atoms with E-state index in [2.05, 4.69) is 11.1 Å². The van der Waals surface area contributed by atoms with E-state index in [1.807, 2.05) is 23.6 Å². The lowest BCUT2D eigenvalue weighted by atomic mass is 10.1. The van der Waals surface area contributed by atoms with E-state index < -0.39 is 0 Å². The van der Waals surface area contributed by atoms with Gasteiger partial charge >= 0.3 is 0 Å². The number of hydrogen-bond acceptors (Lipinski definition) is 4. The van der Waals surface area contributed by atoms with Crippen LogP contribution >= 0.6 is 11.3 Å². The highest BCUT2D eigenvalue weighted by Crippen LogP contribution is 2.24. The molecule has 0 unspecified atom stereocenters. The van der Waals surface area contributed by atoms with Gasteiger partial charge in [-0.05, 0) is 11.6 Å². The topological polar surface area (TPSA) is 64.9 Å². The molecule has 15 heavy (non-hydrogen) atoms. The fourth-order valence-electron chi connectivity index (χ4n) is 1.36. The minimum absolute atomic E-state index is 0.493. The van der Waals surface area contributed by atoms with Gasteiger partial charge < -0.3 is 11.5 Å². The smallest absolute Gasteiger partial charge is 0.123 e. The number of hydrogen-bond donors (Lipinski definition) is 2. The van der Waals surface area contributed by atoms with Crippen molar-refractivity contribution in [1.29, 1.82) is 0 Å². The Balaban J connectivity index is 2.35. The monoisotopic (exact) mass is 219 g/mol. The zero-order chi connectivity index (χ0) is 10.7. The summed E-state index contributed by atoms with van der Waals surface area (Å²) in [6.07, 6.45) is 0. The Kier molecular flexibility index (Phi) is 3.11. The molecule has 78 valence electrons. The van der Waals surface area contributed by atoms with Crippen LogP contribution in [0.15, 0.2) is 29.6 Å². The molecule has 1 aromatic carbocycles. The molecule has 4 N–H and O–H groups in total. The summed E-state index contributed by atoms with van der Waals surface area (Å²) < 4.78 is 0. The molecule has 0 aliphatic heterocycles. The molecule has 2 aromatic rings. The van der Waals surface area contributed by atoms with Crippen LogP contribution < -0.4 is 11.5 Å². The van der Waals surface area contributed by atoms with Gasteiger partial charge in [-0.3, -0.25) is 0 Å². The maximum atomic E-state index is 5.59. The van der Waals surface area contributed by atoms with Crippen LogP contribution in [0.1, 0.15) is 11.3 Å². The molecule has 3 nitrogen and oxygen atoms in total. The van der Waals surface area contributed by atoms with Gasteiger partial charge in [0.15, 0.2) is 0 Å². The highest BCUT2D eigenvalue weighted by molar-refractivity contribution is 7.13. The largest absolute Gasteiger partial charge is 0.326 e. The molecule has 0 spiro atoms. The predicted octanol–water partition coefficient (Wildman–Crippen LogP) is 1.73. The van der Waals surface area contributed by atoms with Crippen molar-refractivity contribution in [3.63, 3.8) is 0 Å². The molecule has 4 heteroatoms. The molecule has 0 aliphatic rings. The maximum Gasteiger partial charge on any atom is 0.123 e. The van der Waals surface area contributed by atoms with Crippen molar-refractivity contribution in [1.82, 2.24) is 4.98 Å². The fraction of sp³-hybridized carbons (Fsp3) is 0.182. The standard InChI is InChI=1S/C11H13N3S/c12-5-8-2-1-3-9(4-8)11-14-10(6-13)7-15-11/h1-4,7H,5-6,12-13H2. The van der Waals surface area contributed by atoms with Crippen LogP contribution in [0.3, 0.4) is 0 Å². The molecule has 0 amide bonds. The molecule has 1 heterocycles. The summed E-state index contributed by atoms with van der Waals surface area (Å²) >= 11 is 1.61. The second-order valence-corrected chi connectivity index (χ2v) is 4.11. The Morgan fingerprint density at radius 2 is 2.07 bits per heavy atom. The van der Waals surface area contributed by atoms with E-state index in [0.29, 0.717) is 13.1 Å². The van der Waals surface area contributed by atoms with Gasteiger partial charge in [-0.25, -0.2) is 4.98 Å². The van der Waals surface area contributed by atoms with E-state index in [4.69, 9.17) is 11.5 Å². The highest BCUT2D eigenvalue weighted by Gasteiger charge is 2.03. The number of rotatable bonds is 3. The first kappa shape index (κ1) is 10.3. The van der Waals surface area contributed by atoms with Crippen molar-refractivity contribution >= 4 is 11.3 Å². The van der Waals surface area contributed by atoms with Crippen LogP contribution in [0.5, 0.6) is 0 Å². The number of nitrogens with two attached hydrogens (primary N) is 2. The van der Waals surface area contributed by atoms with E-state index in [9.17, 15) is 0 Å². The highest BCUT2D eigenvalue weighted by atomic mass is 32.1. The second-order valence-electron chi connectivity index (χ2n) is 3.25. The van der Waals surface area contributed by atoms with E-state index in [1.54, 1.807) is 11.3 Å². The van der Waals surface area contributed by atoms with E-state index in [0.717, 1.165) is 21.8 Å². The van der Waals surface area contributed by atoms with Crippen LogP contribution in [0, 0.1) is 0 Å². The van der Waals surface area contributed by atoms with E-state index in [1.165, 1.54) is 0 Å². The van der Waals surface area contributed by atoms with Crippen LogP contribution in [-0.2, 0) is 13.1 Å². The number of benzene rings is 1. The minimum atomic E-state index is 0.493. The first-order valence-electron chi connectivity index (χ1n) is 4.77. The van der Waals surface area contributed by atoms with Crippen molar-refractivity contribution < 1.29 is 0 Å². The zero-order valence-corrected chi connectivity index (χ0v) is 9.13. The number of aromatic nitrogens is 1. The summed E-state index contributed by atoms with van der Waals surface area (Å²) in [5, 5.41) is 3.00. The summed E-state index contributed by atoms with van der Waals surface area (Å²) in [6, 6.07) is 8.12. The quantitative estimate of drug-likeness (QED) is 0.826. The Morgan fingerprint density at radius 3 is 2.73 bits per heavy atom. The summed E-state index contributed by atoms with van der Waals surface area (Å²) in [6.45, 7) is 1.05. The first-order valence-corrected chi connectivity index (χ1v) is 5.65. The predicted molar refractivity (Wildman–Crippen MR) is 63.3 cm³/mol. The summed E-state index contributed by atoms with van der Waals surface area (Å²) in [5.74, 6) is 0. The summed E-state index contributed by atoms with van der Waals surface area (Å²) in [5.41, 5.74) is 14.3. The fourth-order valence-corrected chi connectivity index (χ4v) is 2.19. The van der Waals surface area contributed by atoms with Gasteiger partial charge in [0.25, 0.3) is 0 Å². The average Bonchev–Trinajstić information content (AvgIpc) is 2.78. The lowest BCUT2D eigenvalue weighted by Gasteiger charge is -1.99. The van der Waals surface area contributed by atoms with E-state index >= 15 is 0 Å². The van der Waals surface area contributed by atoms with Gasteiger partial charge in [0.1, 0.15) is 5.01 Å². The second kappa shape index (κ2) is 4.53.